The molecule has 2 fully saturated rings. The van der Waals surface area contributed by atoms with E-state index in [2.05, 4.69) is 13.5 Å². The van der Waals surface area contributed by atoms with Crippen LogP contribution in [0.1, 0.15) is 26.7 Å². The minimum Gasteiger partial charge on any atom is -0.298 e. The second-order valence-electron chi connectivity index (χ2n) is 4.02. The molecule has 0 aromatic rings. The Balaban J connectivity index is 2.36. The topological polar surface area (TPSA) is 17.1 Å². The lowest BCUT2D eigenvalue weighted by molar-refractivity contribution is -0.126. The molecule has 0 amide bonds. The smallest absolute Gasteiger partial charge is 0.146 e. The molecule has 2 rings (SSSR count). The van der Waals surface area contributed by atoms with E-state index in [0.717, 1.165) is 12.8 Å². The highest BCUT2D eigenvalue weighted by atomic mass is 16.1. The van der Waals surface area contributed by atoms with Gasteiger partial charge in [0.15, 0.2) is 0 Å². The highest BCUT2D eigenvalue weighted by Crippen LogP contribution is 2.61. The molecule has 2 aliphatic rings. The van der Waals surface area contributed by atoms with Crippen LogP contribution in [0.15, 0.2) is 12.2 Å². The summed E-state index contributed by atoms with van der Waals surface area (Å²) in [5, 5.41) is 0. The van der Waals surface area contributed by atoms with Gasteiger partial charge in [0, 0.05) is 11.3 Å². The van der Waals surface area contributed by atoms with Crippen LogP contribution in [-0.4, -0.2) is 5.78 Å². The Morgan fingerprint density at radius 2 is 2.27 bits per heavy atom. The van der Waals surface area contributed by atoms with E-state index < -0.39 is 0 Å². The van der Waals surface area contributed by atoms with E-state index in [-0.39, 0.29) is 5.41 Å². The number of carbonyl (C=O) groups excluding carboxylic acids is 1. The first-order valence-electron chi connectivity index (χ1n) is 4.35. The molecule has 2 aliphatic carbocycles. The third kappa shape index (κ3) is 0.640. The molecule has 0 radical (unpaired) electrons. The van der Waals surface area contributed by atoms with E-state index in [9.17, 15) is 4.79 Å². The van der Waals surface area contributed by atoms with Gasteiger partial charge in [-0.2, -0.15) is 0 Å². The Hall–Kier alpha value is -0.590. The predicted molar refractivity (Wildman–Crippen MR) is 44.1 cm³/mol. The number of hydrogen-bond donors (Lipinski definition) is 0. The molecule has 11 heavy (non-hydrogen) atoms. The normalized spacial score (nSPS) is 47.8. The molecule has 0 spiro atoms. The minimum atomic E-state index is -0.159. The number of rotatable bonds is 1. The first kappa shape index (κ1) is 7.08. The molecule has 0 unspecified atom stereocenters. The summed E-state index contributed by atoms with van der Waals surface area (Å²) in [5.74, 6) is 1.38. The van der Waals surface area contributed by atoms with Crippen molar-refractivity contribution in [3.8, 4) is 0 Å². The van der Waals surface area contributed by atoms with E-state index in [1.165, 1.54) is 5.57 Å². The molecule has 0 aromatic heterocycles. The van der Waals surface area contributed by atoms with Crippen LogP contribution >= 0.6 is 0 Å². The Morgan fingerprint density at radius 3 is 2.55 bits per heavy atom. The van der Waals surface area contributed by atoms with Crippen molar-refractivity contribution in [2.75, 3.05) is 0 Å². The molecule has 0 aromatic carbocycles. The summed E-state index contributed by atoms with van der Waals surface area (Å²) < 4.78 is 0. The summed E-state index contributed by atoms with van der Waals surface area (Å²) in [6, 6.07) is 0. The Labute approximate surface area is 67.5 Å². The van der Waals surface area contributed by atoms with Crippen LogP contribution in [0.4, 0.5) is 0 Å². The summed E-state index contributed by atoms with van der Waals surface area (Å²) in [6.07, 6.45) is 2.02. The molecule has 0 aliphatic heterocycles. The van der Waals surface area contributed by atoms with Gasteiger partial charge in [-0.3, -0.25) is 4.79 Å². The standard InChI is InChI=1S/C10H14O/c1-4-10(3)6(2)7-5-8(7)9(10)11/h7-8H,2,4-5H2,1,3H3/t7-,8-,10+/m0/s1. The number of allylic oxidation sites excluding steroid dienone is 1. The Bertz CT molecular complexity index is 219. The van der Waals surface area contributed by atoms with Gasteiger partial charge in [0.1, 0.15) is 5.78 Å². The van der Waals surface area contributed by atoms with Crippen LogP contribution in [-0.2, 0) is 4.79 Å². The fourth-order valence-electron chi connectivity index (χ4n) is 2.25. The number of hydrogen-bond acceptors (Lipinski definition) is 1. The van der Waals surface area contributed by atoms with Crippen molar-refractivity contribution in [1.29, 1.82) is 0 Å². The monoisotopic (exact) mass is 150 g/mol. The largest absolute Gasteiger partial charge is 0.298 e. The molecule has 60 valence electrons. The van der Waals surface area contributed by atoms with E-state index in [1.54, 1.807) is 0 Å². The zero-order valence-electron chi connectivity index (χ0n) is 7.18. The molecule has 0 bridgehead atoms. The number of fused-ring (bicyclic) bond motifs is 1. The summed E-state index contributed by atoms with van der Waals surface area (Å²) in [6.45, 7) is 8.15. The predicted octanol–water partition coefficient (Wildman–Crippen LogP) is 2.18. The van der Waals surface area contributed by atoms with E-state index in [0.29, 0.717) is 17.6 Å². The van der Waals surface area contributed by atoms with Gasteiger partial charge in [-0.25, -0.2) is 0 Å². The van der Waals surface area contributed by atoms with Gasteiger partial charge in [-0.05, 0) is 25.7 Å². The molecule has 0 heterocycles. The van der Waals surface area contributed by atoms with Gasteiger partial charge in [0.25, 0.3) is 0 Å². The first-order chi connectivity index (χ1) is 5.11. The van der Waals surface area contributed by atoms with Gasteiger partial charge < -0.3 is 0 Å². The van der Waals surface area contributed by atoms with Crippen LogP contribution in [0, 0.1) is 17.3 Å². The maximum atomic E-state index is 11.6. The summed E-state index contributed by atoms with van der Waals surface area (Å²) in [4.78, 5) is 11.6. The SMILES string of the molecule is C=C1[C@@H]2C[C@@H]2C(=O)[C@]1(C)CC. The molecule has 2 saturated carbocycles. The zero-order valence-corrected chi connectivity index (χ0v) is 7.18. The van der Waals surface area contributed by atoms with Crippen molar-refractivity contribution in [3.05, 3.63) is 12.2 Å². The highest BCUT2D eigenvalue weighted by Gasteiger charge is 2.60. The van der Waals surface area contributed by atoms with Crippen molar-refractivity contribution in [2.24, 2.45) is 17.3 Å². The lowest BCUT2D eigenvalue weighted by atomic mass is 9.78. The molecule has 0 N–H and O–H groups in total. The lowest BCUT2D eigenvalue weighted by Gasteiger charge is -2.24. The fraction of sp³-hybridized carbons (Fsp3) is 0.700. The third-order valence-corrected chi connectivity index (χ3v) is 3.53. The van der Waals surface area contributed by atoms with Gasteiger partial charge in [0.2, 0.25) is 0 Å². The number of ketones is 1. The van der Waals surface area contributed by atoms with E-state index in [4.69, 9.17) is 0 Å². The third-order valence-electron chi connectivity index (χ3n) is 3.53. The maximum Gasteiger partial charge on any atom is 0.146 e. The van der Waals surface area contributed by atoms with Gasteiger partial charge in [0.05, 0.1) is 0 Å². The summed E-state index contributed by atoms with van der Waals surface area (Å²) >= 11 is 0. The van der Waals surface area contributed by atoms with Crippen molar-refractivity contribution in [3.63, 3.8) is 0 Å². The average molecular weight is 150 g/mol. The molecular weight excluding hydrogens is 136 g/mol. The minimum absolute atomic E-state index is 0.159. The van der Waals surface area contributed by atoms with Crippen LogP contribution in [0.2, 0.25) is 0 Å². The van der Waals surface area contributed by atoms with Gasteiger partial charge in [-0.15, -0.1) is 0 Å². The fourth-order valence-corrected chi connectivity index (χ4v) is 2.25. The summed E-state index contributed by atoms with van der Waals surface area (Å²) in [7, 11) is 0. The van der Waals surface area contributed by atoms with Crippen LogP contribution < -0.4 is 0 Å². The van der Waals surface area contributed by atoms with E-state index in [1.807, 2.05) is 6.92 Å². The highest BCUT2D eigenvalue weighted by molar-refractivity contribution is 5.96. The van der Waals surface area contributed by atoms with E-state index >= 15 is 0 Å². The molecule has 1 nitrogen and oxygen atoms in total. The lowest BCUT2D eigenvalue weighted by Crippen LogP contribution is -2.25. The van der Waals surface area contributed by atoms with Gasteiger partial charge in [-0.1, -0.05) is 19.1 Å². The quantitative estimate of drug-likeness (QED) is 0.523. The molecular formula is C10H14O. The van der Waals surface area contributed by atoms with Crippen molar-refractivity contribution in [2.45, 2.75) is 26.7 Å². The van der Waals surface area contributed by atoms with Crippen molar-refractivity contribution < 1.29 is 4.79 Å². The summed E-state index contributed by atoms with van der Waals surface area (Å²) in [5.41, 5.74) is 1.04. The zero-order chi connectivity index (χ0) is 8.22. The molecule has 0 saturated heterocycles. The van der Waals surface area contributed by atoms with Crippen molar-refractivity contribution >= 4 is 5.78 Å². The number of carbonyl (C=O) groups is 1. The van der Waals surface area contributed by atoms with Crippen LogP contribution in [0.25, 0.3) is 0 Å². The van der Waals surface area contributed by atoms with Crippen LogP contribution in [0.3, 0.4) is 0 Å². The second-order valence-corrected chi connectivity index (χ2v) is 4.02. The number of Topliss-reactive ketones (excluding diaryl/α,β-unsaturated/α-hetero) is 1. The van der Waals surface area contributed by atoms with Crippen molar-refractivity contribution in [1.82, 2.24) is 0 Å². The van der Waals surface area contributed by atoms with Crippen LogP contribution in [0.5, 0.6) is 0 Å². The first-order valence-corrected chi connectivity index (χ1v) is 4.35. The average Bonchev–Trinajstić information content (AvgIpc) is 2.75. The maximum absolute atomic E-state index is 11.6. The van der Waals surface area contributed by atoms with Gasteiger partial charge >= 0.3 is 0 Å². The molecule has 3 atom stereocenters. The Morgan fingerprint density at radius 1 is 1.64 bits per heavy atom. The second kappa shape index (κ2) is 1.77. The molecule has 1 heteroatoms. The Kier molecular flexibility index (Phi) is 1.14.